The van der Waals surface area contributed by atoms with E-state index in [2.05, 4.69) is 71.5 Å². The monoisotopic (exact) mass is 376 g/mol. The van der Waals surface area contributed by atoms with Crippen molar-refractivity contribution in [2.45, 2.75) is 30.3 Å². The summed E-state index contributed by atoms with van der Waals surface area (Å²) in [5.74, 6) is 2.68. The van der Waals surface area contributed by atoms with Gasteiger partial charge in [-0.25, -0.2) is 0 Å². The van der Waals surface area contributed by atoms with Crippen molar-refractivity contribution in [2.24, 2.45) is 0 Å². The molecule has 2 aliphatic heterocycles. The number of halogens is 1. The maximum atomic E-state index is 7.31. The van der Waals surface area contributed by atoms with Crippen molar-refractivity contribution in [3.05, 3.63) is 77.5 Å². The second kappa shape index (κ2) is 7.43. The molecule has 1 fully saturated rings. The average Bonchev–Trinajstić information content (AvgIpc) is 3.14. The molecule has 4 rings (SSSR count). The van der Waals surface area contributed by atoms with Crippen LogP contribution in [0, 0.1) is 12.3 Å². The SMILES string of the molecule is C#Cc1ccc(C2=CC=CCC2(Cl)N2C=C(C3CCCN3C)C=CC2)cc1. The number of rotatable bonds is 3. The zero-order chi connectivity index (χ0) is 18.9. The Bertz CT molecular complexity index is 869. The predicted molar refractivity (Wildman–Crippen MR) is 114 cm³/mol. The van der Waals surface area contributed by atoms with Gasteiger partial charge in [0.1, 0.15) is 5.00 Å². The lowest BCUT2D eigenvalue weighted by Gasteiger charge is -2.43. The highest BCUT2D eigenvalue weighted by molar-refractivity contribution is 6.30. The maximum absolute atomic E-state index is 7.31. The molecule has 0 N–H and O–H groups in total. The van der Waals surface area contributed by atoms with Gasteiger partial charge >= 0.3 is 0 Å². The van der Waals surface area contributed by atoms with Gasteiger partial charge in [-0.05, 0) is 49.7 Å². The highest BCUT2D eigenvalue weighted by Crippen LogP contribution is 2.43. The van der Waals surface area contributed by atoms with Crippen LogP contribution in [0.3, 0.4) is 0 Å². The average molecular weight is 377 g/mol. The molecule has 2 heterocycles. The summed E-state index contributed by atoms with van der Waals surface area (Å²) in [5, 5.41) is 0. The van der Waals surface area contributed by atoms with Gasteiger partial charge in [-0.15, -0.1) is 6.42 Å². The van der Waals surface area contributed by atoms with Crippen LogP contribution in [-0.4, -0.2) is 41.0 Å². The van der Waals surface area contributed by atoms with Crippen molar-refractivity contribution in [3.8, 4) is 12.3 Å². The second-order valence-corrected chi connectivity index (χ2v) is 8.14. The molecule has 2 nitrogen and oxygen atoms in total. The van der Waals surface area contributed by atoms with Crippen LogP contribution < -0.4 is 0 Å². The molecule has 3 aliphatic rings. The summed E-state index contributed by atoms with van der Waals surface area (Å²) in [6.45, 7) is 1.98. The highest BCUT2D eigenvalue weighted by atomic mass is 35.5. The van der Waals surface area contributed by atoms with Gasteiger partial charge in [-0.3, -0.25) is 4.90 Å². The van der Waals surface area contributed by atoms with Crippen LogP contribution in [0.15, 0.2) is 66.4 Å². The van der Waals surface area contributed by atoms with Gasteiger partial charge in [0.25, 0.3) is 0 Å². The molecule has 1 aromatic carbocycles. The van der Waals surface area contributed by atoms with E-state index in [0.29, 0.717) is 6.04 Å². The molecule has 0 aromatic heterocycles. The molecule has 0 radical (unpaired) electrons. The topological polar surface area (TPSA) is 6.48 Å². The van der Waals surface area contributed by atoms with E-state index in [0.717, 1.165) is 36.2 Å². The number of hydrogen-bond donors (Lipinski definition) is 0. The molecule has 0 saturated carbocycles. The standard InChI is InChI=1S/C24H25ClN2/c1-3-19-11-13-20(14-12-19)22-9-4-5-15-24(22,25)27-17-6-8-21(18-27)23-10-7-16-26(23)2/h1,4-6,8-9,11-14,18,23H,7,10,15-17H2,2H3. The Labute approximate surface area is 167 Å². The minimum Gasteiger partial charge on any atom is -0.351 e. The molecule has 2 atom stereocenters. The van der Waals surface area contributed by atoms with Gasteiger partial charge in [0.15, 0.2) is 0 Å². The van der Waals surface area contributed by atoms with E-state index < -0.39 is 5.00 Å². The molecule has 138 valence electrons. The Morgan fingerprint density at radius 3 is 2.74 bits per heavy atom. The molecule has 1 aromatic rings. The number of nitrogens with zero attached hydrogens (tertiary/aromatic N) is 2. The highest BCUT2D eigenvalue weighted by Gasteiger charge is 2.39. The Balaban J connectivity index is 1.67. The molecular formula is C24H25ClN2. The Morgan fingerprint density at radius 2 is 2.04 bits per heavy atom. The zero-order valence-corrected chi connectivity index (χ0v) is 16.5. The molecule has 0 spiro atoms. The molecule has 0 amide bonds. The summed E-state index contributed by atoms with van der Waals surface area (Å²) in [4.78, 5) is 4.15. The van der Waals surface area contributed by atoms with Crippen molar-refractivity contribution in [3.63, 3.8) is 0 Å². The van der Waals surface area contributed by atoms with Crippen molar-refractivity contribution >= 4 is 17.2 Å². The number of alkyl halides is 1. The number of allylic oxidation sites excluding steroid dienone is 2. The Morgan fingerprint density at radius 1 is 1.22 bits per heavy atom. The van der Waals surface area contributed by atoms with Crippen molar-refractivity contribution in [1.82, 2.24) is 9.80 Å². The first kappa shape index (κ1) is 18.2. The zero-order valence-electron chi connectivity index (χ0n) is 15.7. The molecule has 1 saturated heterocycles. The fourth-order valence-corrected chi connectivity index (χ4v) is 4.69. The lowest BCUT2D eigenvalue weighted by Crippen LogP contribution is -2.44. The van der Waals surface area contributed by atoms with Gasteiger partial charge < -0.3 is 4.90 Å². The molecule has 0 bridgehead atoms. The first-order valence-electron chi connectivity index (χ1n) is 9.60. The number of hydrogen-bond acceptors (Lipinski definition) is 2. The number of likely N-dealkylation sites (N-methyl/N-ethyl adjacent to an activating group) is 1. The van der Waals surface area contributed by atoms with Crippen molar-refractivity contribution < 1.29 is 0 Å². The van der Waals surface area contributed by atoms with Crippen molar-refractivity contribution in [1.29, 1.82) is 0 Å². The van der Waals surface area contributed by atoms with E-state index in [1.165, 1.54) is 18.4 Å². The van der Waals surface area contributed by atoms with Gasteiger partial charge in [0, 0.05) is 36.3 Å². The van der Waals surface area contributed by atoms with Crippen LogP contribution in [0.25, 0.3) is 5.57 Å². The summed E-state index contributed by atoms with van der Waals surface area (Å²) in [7, 11) is 2.21. The summed E-state index contributed by atoms with van der Waals surface area (Å²) < 4.78 is 0. The Hall–Kier alpha value is -2.21. The molecular weight excluding hydrogens is 352 g/mol. The smallest absolute Gasteiger partial charge is 0.144 e. The van der Waals surface area contributed by atoms with Gasteiger partial charge in [0.05, 0.1) is 0 Å². The minimum atomic E-state index is -0.584. The van der Waals surface area contributed by atoms with E-state index in [4.69, 9.17) is 18.0 Å². The summed E-state index contributed by atoms with van der Waals surface area (Å²) in [6.07, 6.45) is 21.9. The molecule has 3 heteroatoms. The normalized spacial score (nSPS) is 28.0. The van der Waals surface area contributed by atoms with E-state index in [1.54, 1.807) is 0 Å². The number of benzene rings is 1. The van der Waals surface area contributed by atoms with E-state index in [-0.39, 0.29) is 0 Å². The second-order valence-electron chi connectivity index (χ2n) is 7.52. The summed E-state index contributed by atoms with van der Waals surface area (Å²) >= 11 is 7.31. The third-order valence-corrected chi connectivity index (χ3v) is 6.42. The van der Waals surface area contributed by atoms with E-state index in [9.17, 15) is 0 Å². The lowest BCUT2D eigenvalue weighted by atomic mass is 9.89. The number of terminal acetylenes is 1. The van der Waals surface area contributed by atoms with Gasteiger partial charge in [-0.1, -0.05) is 60.0 Å². The van der Waals surface area contributed by atoms with Crippen LogP contribution in [0.4, 0.5) is 0 Å². The van der Waals surface area contributed by atoms with Gasteiger partial charge in [-0.2, -0.15) is 0 Å². The van der Waals surface area contributed by atoms with Crippen LogP contribution in [0.5, 0.6) is 0 Å². The molecule has 27 heavy (non-hydrogen) atoms. The van der Waals surface area contributed by atoms with Crippen LogP contribution >= 0.6 is 11.6 Å². The van der Waals surface area contributed by atoms with Crippen LogP contribution in [0.1, 0.15) is 30.4 Å². The fraction of sp³-hybridized carbons (Fsp3) is 0.333. The van der Waals surface area contributed by atoms with E-state index in [1.807, 2.05) is 12.1 Å². The predicted octanol–water partition coefficient (Wildman–Crippen LogP) is 4.80. The van der Waals surface area contributed by atoms with E-state index >= 15 is 0 Å². The lowest BCUT2D eigenvalue weighted by molar-refractivity contribution is 0.298. The quantitative estimate of drug-likeness (QED) is 0.425. The summed E-state index contributed by atoms with van der Waals surface area (Å²) in [6, 6.07) is 8.61. The fourth-order valence-electron chi connectivity index (χ4n) is 4.32. The van der Waals surface area contributed by atoms with Crippen LogP contribution in [-0.2, 0) is 0 Å². The van der Waals surface area contributed by atoms with Crippen molar-refractivity contribution in [2.75, 3.05) is 20.1 Å². The largest absolute Gasteiger partial charge is 0.351 e. The molecule has 1 aliphatic carbocycles. The van der Waals surface area contributed by atoms with Gasteiger partial charge in [0.2, 0.25) is 0 Å². The minimum absolute atomic E-state index is 0.491. The first-order chi connectivity index (χ1) is 13.1. The first-order valence-corrected chi connectivity index (χ1v) is 9.98. The third kappa shape index (κ3) is 3.38. The third-order valence-electron chi connectivity index (χ3n) is 5.84. The summed E-state index contributed by atoms with van der Waals surface area (Å²) in [5.41, 5.74) is 4.49. The Kier molecular flexibility index (Phi) is 5.00. The molecule has 2 unspecified atom stereocenters. The maximum Gasteiger partial charge on any atom is 0.144 e. The van der Waals surface area contributed by atoms with Crippen LogP contribution in [0.2, 0.25) is 0 Å². The number of likely N-dealkylation sites (tertiary alicyclic amines) is 1.